The van der Waals surface area contributed by atoms with Crippen LogP contribution < -0.4 is 4.74 Å². The van der Waals surface area contributed by atoms with Gasteiger partial charge < -0.3 is 9.84 Å². The van der Waals surface area contributed by atoms with Crippen LogP contribution in [0.1, 0.15) is 44.4 Å². The number of hydrogen-bond acceptors (Lipinski definition) is 5. The Morgan fingerprint density at radius 2 is 1.57 bits per heavy atom. The Morgan fingerprint density at radius 3 is 2.37 bits per heavy atom. The number of nitrogens with zero attached hydrogens (tertiary/aromatic N) is 2. The average molecular weight is 481 g/mol. The van der Waals surface area contributed by atoms with Crippen LogP contribution in [0.5, 0.6) is 17.4 Å². The lowest BCUT2D eigenvalue weighted by atomic mass is 9.60. The van der Waals surface area contributed by atoms with Crippen LogP contribution in [-0.2, 0) is 10.8 Å². The molecule has 6 rings (SSSR count). The zero-order valence-electron chi connectivity index (χ0n) is 20.3. The van der Waals surface area contributed by atoms with Crippen LogP contribution in [-0.4, -0.2) is 26.4 Å². The number of ether oxygens (including phenoxy) is 1. The normalized spacial score (nSPS) is 21.8. The van der Waals surface area contributed by atoms with E-state index in [-0.39, 0.29) is 22.6 Å². The summed E-state index contributed by atoms with van der Waals surface area (Å²) >= 11 is 1.89. The first-order valence-corrected chi connectivity index (χ1v) is 12.8. The van der Waals surface area contributed by atoms with E-state index in [2.05, 4.69) is 63.0 Å². The summed E-state index contributed by atoms with van der Waals surface area (Å²) in [6.07, 6.45) is 0. The van der Waals surface area contributed by atoms with E-state index in [0.717, 1.165) is 16.0 Å². The standard InChI is InChI=1S/C30H28N2O2S/c1-29(2)21-12-5-6-13-22(21)30(3,4)27-26(29)32-28(35-27)19-10-7-11-20(17-19)34-24-16-15-18-9-8-14-23(33)25(18)31-24/h5-17,26-27,33H,1-4H3/t26-,27+/m1/s1. The average Bonchev–Trinajstić information content (AvgIpc) is 3.32. The summed E-state index contributed by atoms with van der Waals surface area (Å²) in [6, 6.07) is 26.2. The van der Waals surface area contributed by atoms with Gasteiger partial charge in [-0.25, -0.2) is 4.98 Å². The molecule has 35 heavy (non-hydrogen) atoms. The van der Waals surface area contributed by atoms with Crippen molar-refractivity contribution >= 4 is 27.7 Å². The fourth-order valence-corrected chi connectivity index (χ4v) is 7.17. The summed E-state index contributed by atoms with van der Waals surface area (Å²) in [6.45, 7) is 9.35. The van der Waals surface area contributed by atoms with Gasteiger partial charge in [0.05, 0.1) is 11.1 Å². The number of thioether (sulfide) groups is 1. The summed E-state index contributed by atoms with van der Waals surface area (Å²) < 4.78 is 6.11. The van der Waals surface area contributed by atoms with E-state index in [1.807, 2.05) is 54.2 Å². The van der Waals surface area contributed by atoms with Crippen LogP contribution >= 0.6 is 11.8 Å². The molecule has 2 aliphatic rings. The van der Waals surface area contributed by atoms with Crippen molar-refractivity contribution in [2.24, 2.45) is 4.99 Å². The lowest BCUT2D eigenvalue weighted by Gasteiger charge is -2.48. The molecule has 1 N–H and O–H groups in total. The van der Waals surface area contributed by atoms with Crippen molar-refractivity contribution in [3.05, 3.63) is 95.6 Å². The molecule has 0 amide bonds. The van der Waals surface area contributed by atoms with Crippen molar-refractivity contribution in [3.63, 3.8) is 0 Å². The molecule has 0 fully saturated rings. The summed E-state index contributed by atoms with van der Waals surface area (Å²) in [7, 11) is 0. The van der Waals surface area contributed by atoms with Crippen molar-refractivity contribution in [2.75, 3.05) is 0 Å². The van der Waals surface area contributed by atoms with Gasteiger partial charge in [-0.1, -0.05) is 88.0 Å². The Labute approximate surface area is 210 Å². The van der Waals surface area contributed by atoms with E-state index in [1.165, 1.54) is 11.1 Å². The Balaban J connectivity index is 1.32. The highest BCUT2D eigenvalue weighted by Crippen LogP contribution is 2.55. The van der Waals surface area contributed by atoms with Gasteiger partial charge in [-0.15, -0.1) is 0 Å². The Kier molecular flexibility index (Phi) is 4.98. The molecule has 0 radical (unpaired) electrons. The molecule has 1 aliphatic carbocycles. The molecule has 0 saturated carbocycles. The minimum atomic E-state index is -0.0450. The molecule has 0 unspecified atom stereocenters. The number of rotatable bonds is 3. The van der Waals surface area contributed by atoms with Gasteiger partial charge in [0.25, 0.3) is 0 Å². The quantitative estimate of drug-likeness (QED) is 0.336. The summed E-state index contributed by atoms with van der Waals surface area (Å²) in [4.78, 5) is 9.81. The lowest BCUT2D eigenvalue weighted by Crippen LogP contribution is -2.52. The molecule has 4 aromatic rings. The third kappa shape index (κ3) is 3.52. The molecular weight excluding hydrogens is 452 g/mol. The third-order valence-corrected chi connectivity index (χ3v) is 9.19. The van der Waals surface area contributed by atoms with Gasteiger partial charge in [0, 0.05) is 33.1 Å². The van der Waals surface area contributed by atoms with E-state index < -0.39 is 0 Å². The number of phenolic OH excluding ortho intramolecular Hbond substituents is 1. The molecule has 1 aliphatic heterocycles. The van der Waals surface area contributed by atoms with Crippen LogP contribution in [0.4, 0.5) is 0 Å². The number of fused-ring (bicyclic) bond motifs is 3. The highest BCUT2D eigenvalue weighted by Gasteiger charge is 2.54. The lowest BCUT2D eigenvalue weighted by molar-refractivity contribution is 0.302. The molecule has 1 aromatic heterocycles. The molecular formula is C30H28N2O2S. The van der Waals surface area contributed by atoms with Crippen molar-refractivity contribution in [1.82, 2.24) is 4.98 Å². The summed E-state index contributed by atoms with van der Waals surface area (Å²) in [5, 5.41) is 12.5. The highest BCUT2D eigenvalue weighted by molar-refractivity contribution is 8.15. The van der Waals surface area contributed by atoms with Crippen LogP contribution in [0.25, 0.3) is 10.9 Å². The van der Waals surface area contributed by atoms with Gasteiger partial charge in [-0.3, -0.25) is 4.99 Å². The third-order valence-electron chi connectivity index (χ3n) is 7.52. The number of para-hydroxylation sites is 1. The molecule has 2 atom stereocenters. The molecule has 0 bridgehead atoms. The molecule has 4 nitrogen and oxygen atoms in total. The largest absolute Gasteiger partial charge is 0.506 e. The number of aliphatic imine (C=N–C) groups is 1. The second-order valence-electron chi connectivity index (χ2n) is 10.5. The smallest absolute Gasteiger partial charge is 0.219 e. The first kappa shape index (κ1) is 22.2. The Hall–Kier alpha value is -3.31. The molecule has 2 heterocycles. The van der Waals surface area contributed by atoms with Gasteiger partial charge in [-0.05, 0) is 35.4 Å². The SMILES string of the molecule is CC1(C)c2ccccc2C(C)(C)[C@H]2SC(c3cccc(Oc4ccc5cccc(O)c5n4)c3)=N[C@H]21. The maximum absolute atomic E-state index is 10.2. The van der Waals surface area contributed by atoms with Crippen LogP contribution in [0, 0.1) is 0 Å². The molecule has 0 saturated heterocycles. The fraction of sp³-hybridized carbons (Fsp3) is 0.267. The maximum Gasteiger partial charge on any atom is 0.219 e. The monoisotopic (exact) mass is 480 g/mol. The van der Waals surface area contributed by atoms with E-state index in [0.29, 0.717) is 22.4 Å². The van der Waals surface area contributed by atoms with Gasteiger partial charge in [0.2, 0.25) is 5.88 Å². The Morgan fingerprint density at radius 1 is 0.829 bits per heavy atom. The van der Waals surface area contributed by atoms with Gasteiger partial charge in [0.15, 0.2) is 0 Å². The van der Waals surface area contributed by atoms with Crippen molar-refractivity contribution < 1.29 is 9.84 Å². The number of phenols is 1. The molecule has 3 aromatic carbocycles. The number of benzene rings is 3. The Bertz CT molecular complexity index is 1490. The summed E-state index contributed by atoms with van der Waals surface area (Å²) in [5.74, 6) is 1.29. The van der Waals surface area contributed by atoms with Crippen LogP contribution in [0.2, 0.25) is 0 Å². The zero-order valence-corrected chi connectivity index (χ0v) is 21.1. The van der Waals surface area contributed by atoms with E-state index in [4.69, 9.17) is 9.73 Å². The predicted molar refractivity (Wildman–Crippen MR) is 144 cm³/mol. The second-order valence-corrected chi connectivity index (χ2v) is 11.7. The minimum absolute atomic E-state index is 0.0117. The summed E-state index contributed by atoms with van der Waals surface area (Å²) in [5.41, 5.74) is 4.39. The van der Waals surface area contributed by atoms with Crippen molar-refractivity contribution in [1.29, 1.82) is 0 Å². The van der Waals surface area contributed by atoms with Crippen molar-refractivity contribution in [2.45, 2.75) is 49.8 Å². The molecule has 176 valence electrons. The maximum atomic E-state index is 10.2. The molecule has 5 heteroatoms. The van der Waals surface area contributed by atoms with E-state index in [1.54, 1.807) is 6.07 Å². The predicted octanol–water partition coefficient (Wildman–Crippen LogP) is 7.23. The van der Waals surface area contributed by atoms with Crippen LogP contribution in [0.3, 0.4) is 0 Å². The van der Waals surface area contributed by atoms with E-state index >= 15 is 0 Å². The van der Waals surface area contributed by atoms with E-state index in [9.17, 15) is 5.11 Å². The minimum Gasteiger partial charge on any atom is -0.506 e. The number of aromatic nitrogens is 1. The van der Waals surface area contributed by atoms with Crippen molar-refractivity contribution in [3.8, 4) is 17.4 Å². The number of pyridine rings is 1. The first-order chi connectivity index (χ1) is 16.7. The fourth-order valence-electron chi connectivity index (χ4n) is 5.54. The zero-order chi connectivity index (χ0) is 24.4. The number of aromatic hydroxyl groups is 1. The second kappa shape index (κ2) is 7.85. The molecule has 0 spiro atoms. The van der Waals surface area contributed by atoms with Crippen LogP contribution in [0.15, 0.2) is 83.9 Å². The topological polar surface area (TPSA) is 54.7 Å². The van der Waals surface area contributed by atoms with Gasteiger partial charge in [-0.2, -0.15) is 0 Å². The van der Waals surface area contributed by atoms with Gasteiger partial charge in [0.1, 0.15) is 17.0 Å². The van der Waals surface area contributed by atoms with Gasteiger partial charge >= 0.3 is 0 Å². The highest BCUT2D eigenvalue weighted by atomic mass is 32.2. The first-order valence-electron chi connectivity index (χ1n) is 12.0. The number of hydrogen-bond donors (Lipinski definition) is 1.